The Bertz CT molecular complexity index is 961. The fourth-order valence-corrected chi connectivity index (χ4v) is 4.18. The molecule has 0 spiro atoms. The maximum Gasteiger partial charge on any atom is 0.293 e. The minimum atomic E-state index is -3.55. The molecule has 3 rings (SSSR count). The molecule has 0 amide bonds. The Morgan fingerprint density at radius 2 is 1.96 bits per heavy atom. The molecule has 2 atom stereocenters. The van der Waals surface area contributed by atoms with Crippen LogP contribution in [0.1, 0.15) is 24.9 Å². The fraction of sp³-hybridized carbons (Fsp3) is 0.333. The zero-order valence-corrected chi connectivity index (χ0v) is 15.2. The molecule has 0 saturated carbocycles. The minimum Gasteiger partial charge on any atom is -0.359 e. The van der Waals surface area contributed by atoms with Gasteiger partial charge in [-0.1, -0.05) is 19.1 Å². The molecule has 138 valence electrons. The molecular formula is C18H19FN2O4S. The van der Waals surface area contributed by atoms with Gasteiger partial charge in [-0.25, -0.2) is 12.8 Å². The summed E-state index contributed by atoms with van der Waals surface area (Å²) in [4.78, 5) is 12.8. The number of hydrogen-bond donors (Lipinski definition) is 0. The lowest BCUT2D eigenvalue weighted by Crippen LogP contribution is -2.25. The highest BCUT2D eigenvalue weighted by molar-refractivity contribution is 7.90. The number of nitro benzene ring substituents is 1. The highest BCUT2D eigenvalue weighted by Crippen LogP contribution is 2.44. The Labute approximate surface area is 151 Å². The van der Waals surface area contributed by atoms with Gasteiger partial charge in [-0.05, 0) is 42.2 Å². The molecule has 8 heteroatoms. The van der Waals surface area contributed by atoms with E-state index in [1.807, 2.05) is 11.8 Å². The number of rotatable bonds is 4. The van der Waals surface area contributed by atoms with Gasteiger partial charge in [0.25, 0.3) is 5.69 Å². The van der Waals surface area contributed by atoms with E-state index in [2.05, 4.69) is 0 Å². The third kappa shape index (κ3) is 3.41. The predicted molar refractivity (Wildman–Crippen MR) is 96.5 cm³/mol. The number of anilines is 1. The van der Waals surface area contributed by atoms with Gasteiger partial charge < -0.3 is 4.90 Å². The van der Waals surface area contributed by atoms with Crippen molar-refractivity contribution in [3.8, 4) is 0 Å². The van der Waals surface area contributed by atoms with E-state index in [-0.39, 0.29) is 28.4 Å². The van der Waals surface area contributed by atoms with Crippen LogP contribution in [0.2, 0.25) is 0 Å². The molecule has 1 heterocycles. The van der Waals surface area contributed by atoms with Crippen LogP contribution < -0.4 is 4.90 Å². The van der Waals surface area contributed by atoms with Crippen LogP contribution in [-0.2, 0) is 9.84 Å². The van der Waals surface area contributed by atoms with Gasteiger partial charge in [0, 0.05) is 18.9 Å². The summed E-state index contributed by atoms with van der Waals surface area (Å²) in [6, 6.07) is 9.95. The standard InChI is InChI=1S/C18H19FN2O4S/c1-12-8-9-20(18(12)13-4-3-5-14(19)10-13)16-7-6-15(26(2,24)25)11-17(16)21(22)23/h3-7,10-12,18H,8-9H2,1-2H3. The third-order valence-electron chi connectivity index (χ3n) is 4.77. The van der Waals surface area contributed by atoms with Crippen LogP contribution in [0.4, 0.5) is 15.8 Å². The largest absolute Gasteiger partial charge is 0.359 e. The number of sulfone groups is 1. The Morgan fingerprint density at radius 3 is 2.58 bits per heavy atom. The maximum absolute atomic E-state index is 13.7. The molecule has 0 aliphatic carbocycles. The molecule has 2 aromatic carbocycles. The first-order valence-corrected chi connectivity index (χ1v) is 10.1. The van der Waals surface area contributed by atoms with Crippen LogP contribution >= 0.6 is 0 Å². The molecular weight excluding hydrogens is 359 g/mol. The molecule has 0 radical (unpaired) electrons. The minimum absolute atomic E-state index is 0.0949. The van der Waals surface area contributed by atoms with Gasteiger partial charge in [0.05, 0.1) is 15.9 Å². The van der Waals surface area contributed by atoms with Crippen molar-refractivity contribution in [2.45, 2.75) is 24.3 Å². The summed E-state index contributed by atoms with van der Waals surface area (Å²) in [6.07, 6.45) is 1.81. The van der Waals surface area contributed by atoms with E-state index in [9.17, 15) is 22.9 Å². The van der Waals surface area contributed by atoms with Gasteiger partial charge in [0.1, 0.15) is 11.5 Å². The average molecular weight is 378 g/mol. The lowest BCUT2D eigenvalue weighted by molar-refractivity contribution is -0.384. The summed E-state index contributed by atoms with van der Waals surface area (Å²) in [7, 11) is -3.55. The quantitative estimate of drug-likeness (QED) is 0.598. The number of nitrogens with zero attached hydrogens (tertiary/aromatic N) is 2. The molecule has 2 aromatic rings. The van der Waals surface area contributed by atoms with Crippen molar-refractivity contribution in [3.05, 3.63) is 64.0 Å². The van der Waals surface area contributed by atoms with E-state index in [0.29, 0.717) is 12.2 Å². The van der Waals surface area contributed by atoms with E-state index in [0.717, 1.165) is 24.3 Å². The molecule has 1 fully saturated rings. The smallest absolute Gasteiger partial charge is 0.293 e. The van der Waals surface area contributed by atoms with Crippen LogP contribution in [0.5, 0.6) is 0 Å². The molecule has 1 aliphatic heterocycles. The molecule has 6 nitrogen and oxygen atoms in total. The molecule has 26 heavy (non-hydrogen) atoms. The van der Waals surface area contributed by atoms with Crippen molar-refractivity contribution in [2.75, 3.05) is 17.7 Å². The van der Waals surface area contributed by atoms with E-state index in [4.69, 9.17) is 0 Å². The van der Waals surface area contributed by atoms with Crippen molar-refractivity contribution in [2.24, 2.45) is 5.92 Å². The summed E-state index contributed by atoms with van der Waals surface area (Å²) < 4.78 is 37.2. The zero-order valence-electron chi connectivity index (χ0n) is 14.4. The lowest BCUT2D eigenvalue weighted by atomic mass is 9.95. The van der Waals surface area contributed by atoms with Gasteiger partial charge in [-0.15, -0.1) is 0 Å². The van der Waals surface area contributed by atoms with Gasteiger partial charge in [-0.3, -0.25) is 10.1 Å². The SMILES string of the molecule is CC1CCN(c2ccc(S(C)(=O)=O)cc2[N+](=O)[O-])C1c1cccc(F)c1. The van der Waals surface area contributed by atoms with E-state index >= 15 is 0 Å². The molecule has 0 N–H and O–H groups in total. The Morgan fingerprint density at radius 1 is 1.23 bits per heavy atom. The molecule has 0 aromatic heterocycles. The fourth-order valence-electron chi connectivity index (χ4n) is 3.54. The van der Waals surface area contributed by atoms with Gasteiger partial charge in [-0.2, -0.15) is 0 Å². The summed E-state index contributed by atoms with van der Waals surface area (Å²) in [5.74, 6) is -0.186. The van der Waals surface area contributed by atoms with Crippen molar-refractivity contribution >= 4 is 21.2 Å². The van der Waals surface area contributed by atoms with Gasteiger partial charge in [0.2, 0.25) is 0 Å². The summed E-state index contributed by atoms with van der Waals surface area (Å²) in [6.45, 7) is 2.59. The highest BCUT2D eigenvalue weighted by atomic mass is 32.2. The van der Waals surface area contributed by atoms with Crippen LogP contribution in [0.3, 0.4) is 0 Å². The van der Waals surface area contributed by atoms with Crippen LogP contribution in [0.15, 0.2) is 47.4 Å². The van der Waals surface area contributed by atoms with E-state index in [1.54, 1.807) is 12.1 Å². The van der Waals surface area contributed by atoms with Crippen molar-refractivity contribution < 1.29 is 17.7 Å². The normalized spacial score (nSPS) is 20.3. The van der Waals surface area contributed by atoms with Gasteiger partial charge >= 0.3 is 0 Å². The first-order valence-electron chi connectivity index (χ1n) is 8.19. The second kappa shape index (κ2) is 6.68. The van der Waals surface area contributed by atoms with E-state index < -0.39 is 14.8 Å². The van der Waals surface area contributed by atoms with Crippen LogP contribution in [0, 0.1) is 21.8 Å². The highest BCUT2D eigenvalue weighted by Gasteiger charge is 2.36. The topological polar surface area (TPSA) is 80.5 Å². The van der Waals surface area contributed by atoms with Crippen molar-refractivity contribution in [3.63, 3.8) is 0 Å². The maximum atomic E-state index is 13.7. The molecule has 1 aliphatic rings. The van der Waals surface area contributed by atoms with E-state index in [1.165, 1.54) is 24.3 Å². The second-order valence-corrected chi connectivity index (χ2v) is 8.65. The van der Waals surface area contributed by atoms with Crippen molar-refractivity contribution in [1.29, 1.82) is 0 Å². The average Bonchev–Trinajstić information content (AvgIpc) is 2.95. The number of nitro groups is 1. The summed E-state index contributed by atoms with van der Waals surface area (Å²) in [5, 5.41) is 11.6. The first-order chi connectivity index (χ1) is 12.2. The van der Waals surface area contributed by atoms with Gasteiger partial charge in [0.15, 0.2) is 9.84 Å². The number of hydrogen-bond acceptors (Lipinski definition) is 5. The summed E-state index contributed by atoms with van der Waals surface area (Å²) >= 11 is 0. The molecule has 1 saturated heterocycles. The number of benzene rings is 2. The third-order valence-corrected chi connectivity index (χ3v) is 5.88. The van der Waals surface area contributed by atoms with Crippen molar-refractivity contribution in [1.82, 2.24) is 0 Å². The predicted octanol–water partition coefficient (Wildman–Crippen LogP) is 3.72. The monoisotopic (exact) mass is 378 g/mol. The van der Waals surface area contributed by atoms with Crippen LogP contribution in [-0.4, -0.2) is 26.1 Å². The summed E-state index contributed by atoms with van der Waals surface area (Å²) in [5.41, 5.74) is 0.834. The number of halogens is 1. The second-order valence-electron chi connectivity index (χ2n) is 6.64. The molecule has 2 unspecified atom stereocenters. The Kier molecular flexibility index (Phi) is 4.70. The first kappa shape index (κ1) is 18.3. The Hall–Kier alpha value is -2.48. The Balaban J connectivity index is 2.11. The molecule has 0 bridgehead atoms. The van der Waals surface area contributed by atoms with Crippen LogP contribution in [0.25, 0.3) is 0 Å². The lowest BCUT2D eigenvalue weighted by Gasteiger charge is -2.29. The zero-order chi connectivity index (χ0) is 19.1.